The topological polar surface area (TPSA) is 0 Å². The Morgan fingerprint density at radius 1 is 0.345 bits per heavy atom. The number of hydrogen-bond donors (Lipinski definition) is 0. The van der Waals surface area contributed by atoms with E-state index < -0.39 is 4.25 Å². The molecule has 0 aliphatic rings. The van der Waals surface area contributed by atoms with Crippen molar-refractivity contribution in [1.29, 1.82) is 0 Å². The van der Waals surface area contributed by atoms with Crippen LogP contribution in [0.25, 0.3) is 0 Å². The summed E-state index contributed by atoms with van der Waals surface area (Å²) in [6, 6.07) is 0. The molecule has 0 aliphatic heterocycles. The Bertz CT molecular complexity index is 307. The fourth-order valence-corrected chi connectivity index (χ4v) is 14.4. The van der Waals surface area contributed by atoms with E-state index in [4.69, 9.17) is 0 Å². The normalized spacial score (nSPS) is 13.5. The quantitative estimate of drug-likeness (QED) is 0.0687. The molecular formula is C27H58IP. The van der Waals surface area contributed by atoms with Crippen molar-refractivity contribution in [3.05, 3.63) is 0 Å². The molecule has 0 nitrogen and oxygen atoms in total. The number of halogens is 1. The minimum atomic E-state index is -1.54. The molecule has 0 unspecified atom stereocenters. The summed E-state index contributed by atoms with van der Waals surface area (Å²) in [4.78, 5) is 0. The van der Waals surface area contributed by atoms with Gasteiger partial charge in [0.25, 0.3) is 0 Å². The van der Waals surface area contributed by atoms with E-state index in [1.54, 1.807) is 24.6 Å². The molecule has 0 heterocycles. The van der Waals surface area contributed by atoms with Crippen LogP contribution in [0.4, 0.5) is 0 Å². The van der Waals surface area contributed by atoms with Crippen LogP contribution in [0.5, 0.6) is 0 Å². The Labute approximate surface area is 200 Å². The molecule has 0 aromatic heterocycles. The van der Waals surface area contributed by atoms with Crippen LogP contribution in [0.15, 0.2) is 0 Å². The van der Waals surface area contributed by atoms with E-state index in [9.17, 15) is 0 Å². The molecule has 0 N–H and O–H groups in total. The van der Waals surface area contributed by atoms with Crippen molar-refractivity contribution in [2.75, 3.05) is 24.6 Å². The third kappa shape index (κ3) is 16.5. The molecule has 0 saturated heterocycles. The molecule has 0 saturated carbocycles. The van der Waals surface area contributed by atoms with Gasteiger partial charge >= 0.3 is 201 Å². The van der Waals surface area contributed by atoms with Crippen LogP contribution < -0.4 is 0 Å². The molecule has 0 amide bonds. The van der Waals surface area contributed by atoms with Crippen molar-refractivity contribution in [3.63, 3.8) is 0 Å². The van der Waals surface area contributed by atoms with E-state index in [-0.39, 0.29) is 0 Å². The summed E-state index contributed by atoms with van der Waals surface area (Å²) in [7, 11) is 0. The predicted octanol–water partition coefficient (Wildman–Crippen LogP) is 11.4. The average molecular weight is 541 g/mol. The zero-order chi connectivity index (χ0) is 21.7. The molecule has 178 valence electrons. The molecule has 0 atom stereocenters. The molecule has 0 rings (SSSR count). The van der Waals surface area contributed by atoms with Crippen LogP contribution >= 0.6 is 26.3 Å². The van der Waals surface area contributed by atoms with Crippen molar-refractivity contribution in [1.82, 2.24) is 0 Å². The van der Waals surface area contributed by atoms with Crippen LogP contribution in [0.1, 0.15) is 150 Å². The summed E-state index contributed by atoms with van der Waals surface area (Å²) < 4.78 is -1.54. The zero-order valence-corrected chi connectivity index (χ0v) is 24.1. The summed E-state index contributed by atoms with van der Waals surface area (Å²) in [5.41, 5.74) is 0. The third-order valence-electron chi connectivity index (χ3n) is 7.03. The first-order valence-electron chi connectivity index (χ1n) is 13.8. The van der Waals surface area contributed by atoms with E-state index in [1.165, 1.54) is 122 Å². The molecular weight excluding hydrogens is 482 g/mol. The summed E-state index contributed by atoms with van der Waals surface area (Å²) >= 11 is 3.17. The SMILES string of the molecule is CCCCCCCCCP(I)(CCCCCC)(CCCCCC)CCCCCC. The fraction of sp³-hybridized carbons (Fsp3) is 1.00. The van der Waals surface area contributed by atoms with Gasteiger partial charge in [0, 0.05) is 0 Å². The van der Waals surface area contributed by atoms with Crippen LogP contribution in [0, 0.1) is 0 Å². The monoisotopic (exact) mass is 540 g/mol. The Hall–Kier alpha value is 1.16. The third-order valence-corrected chi connectivity index (χ3v) is 18.6. The summed E-state index contributed by atoms with van der Waals surface area (Å²) in [5, 5.41) is 0. The second kappa shape index (κ2) is 19.8. The van der Waals surface area contributed by atoms with Gasteiger partial charge in [-0.3, -0.25) is 0 Å². The van der Waals surface area contributed by atoms with Gasteiger partial charge in [-0.05, 0) is 0 Å². The molecule has 2 heteroatoms. The predicted molar refractivity (Wildman–Crippen MR) is 151 cm³/mol. The zero-order valence-electron chi connectivity index (χ0n) is 21.1. The van der Waals surface area contributed by atoms with Crippen LogP contribution in [-0.4, -0.2) is 24.6 Å². The molecule has 0 spiro atoms. The van der Waals surface area contributed by atoms with E-state index in [1.807, 2.05) is 0 Å². The fourth-order valence-electron chi connectivity index (χ4n) is 4.94. The van der Waals surface area contributed by atoms with Gasteiger partial charge in [-0.15, -0.1) is 0 Å². The first-order valence-corrected chi connectivity index (χ1v) is 19.5. The molecule has 0 bridgehead atoms. The molecule has 0 radical (unpaired) electrons. The summed E-state index contributed by atoms with van der Waals surface area (Å²) in [6.07, 6.45) is 34.2. The van der Waals surface area contributed by atoms with Crippen molar-refractivity contribution >= 4 is 26.3 Å². The summed E-state index contributed by atoms with van der Waals surface area (Å²) in [5.74, 6) is 0. The molecule has 0 aromatic carbocycles. The summed E-state index contributed by atoms with van der Waals surface area (Å²) in [6.45, 7) is 9.41. The van der Waals surface area contributed by atoms with Crippen molar-refractivity contribution in [2.24, 2.45) is 0 Å². The molecule has 0 aliphatic carbocycles. The van der Waals surface area contributed by atoms with Crippen molar-refractivity contribution < 1.29 is 0 Å². The van der Waals surface area contributed by atoms with E-state index in [0.29, 0.717) is 0 Å². The first kappa shape index (κ1) is 30.2. The first-order chi connectivity index (χ1) is 14.0. The Balaban J connectivity index is 4.87. The van der Waals surface area contributed by atoms with E-state index in [2.05, 4.69) is 49.7 Å². The Kier molecular flexibility index (Phi) is 20.6. The van der Waals surface area contributed by atoms with Gasteiger partial charge in [0.1, 0.15) is 0 Å². The van der Waals surface area contributed by atoms with Crippen LogP contribution in [0.3, 0.4) is 0 Å². The van der Waals surface area contributed by atoms with Gasteiger partial charge in [-0.2, -0.15) is 0 Å². The number of hydrogen-bond acceptors (Lipinski definition) is 0. The van der Waals surface area contributed by atoms with Gasteiger partial charge in [-0.25, -0.2) is 0 Å². The second-order valence-corrected chi connectivity index (χ2v) is 23.6. The standard InChI is InChI=1S/C27H58IP/c1-5-9-13-17-18-19-23-27-29(28,24-20-14-10-6-2,25-21-15-11-7-3)26-22-16-12-8-4/h5-27H2,1-4H3. The number of unbranched alkanes of at least 4 members (excludes halogenated alkanes) is 15. The Morgan fingerprint density at radius 2 is 0.552 bits per heavy atom. The second-order valence-electron chi connectivity index (χ2n) is 10.0. The van der Waals surface area contributed by atoms with E-state index in [0.717, 1.165) is 0 Å². The minimum absolute atomic E-state index is 1.37. The average Bonchev–Trinajstić information content (AvgIpc) is 2.72. The van der Waals surface area contributed by atoms with Gasteiger partial charge < -0.3 is 0 Å². The van der Waals surface area contributed by atoms with Crippen molar-refractivity contribution in [2.45, 2.75) is 150 Å². The van der Waals surface area contributed by atoms with E-state index >= 15 is 0 Å². The van der Waals surface area contributed by atoms with Gasteiger partial charge in [-0.1, -0.05) is 0 Å². The molecule has 0 aromatic rings. The maximum absolute atomic E-state index is 3.17. The van der Waals surface area contributed by atoms with Gasteiger partial charge in [0.15, 0.2) is 0 Å². The van der Waals surface area contributed by atoms with Crippen LogP contribution in [0.2, 0.25) is 0 Å². The van der Waals surface area contributed by atoms with Crippen molar-refractivity contribution in [3.8, 4) is 0 Å². The van der Waals surface area contributed by atoms with Gasteiger partial charge in [0.2, 0.25) is 0 Å². The Morgan fingerprint density at radius 3 is 0.828 bits per heavy atom. The van der Waals surface area contributed by atoms with Gasteiger partial charge in [0.05, 0.1) is 0 Å². The maximum atomic E-state index is 3.17. The molecule has 29 heavy (non-hydrogen) atoms. The number of rotatable bonds is 23. The van der Waals surface area contributed by atoms with Crippen LogP contribution in [-0.2, 0) is 0 Å². The molecule has 0 fully saturated rings.